The predicted octanol–water partition coefficient (Wildman–Crippen LogP) is 3.28. The van der Waals surface area contributed by atoms with Gasteiger partial charge in [-0.25, -0.2) is 4.52 Å². The topological polar surface area (TPSA) is 124 Å². The van der Waals surface area contributed by atoms with Gasteiger partial charge in [0.25, 0.3) is 17.4 Å². The molecular weight excluding hydrogens is 456 g/mol. The van der Waals surface area contributed by atoms with E-state index in [1.165, 1.54) is 18.4 Å². The van der Waals surface area contributed by atoms with Gasteiger partial charge in [0, 0.05) is 17.0 Å². The highest BCUT2D eigenvalue weighted by Crippen LogP contribution is 2.26. The van der Waals surface area contributed by atoms with Crippen molar-refractivity contribution in [2.24, 2.45) is 0 Å². The zero-order valence-electron chi connectivity index (χ0n) is 18.1. The number of methoxy groups -OCH3 is 1. The molecule has 0 bridgehead atoms. The van der Waals surface area contributed by atoms with Crippen LogP contribution in [0.5, 0.6) is 11.5 Å². The number of thiazole rings is 1. The maximum absolute atomic E-state index is 12.9. The number of aryl methyl sites for hydroxylation is 1. The van der Waals surface area contributed by atoms with Crippen LogP contribution in [-0.4, -0.2) is 42.5 Å². The molecule has 10 nitrogen and oxygen atoms in total. The molecule has 3 aromatic heterocycles. The van der Waals surface area contributed by atoms with Crippen molar-refractivity contribution < 1.29 is 14.6 Å². The Morgan fingerprint density at radius 1 is 1.12 bits per heavy atom. The molecule has 11 heteroatoms. The van der Waals surface area contributed by atoms with E-state index >= 15 is 0 Å². The summed E-state index contributed by atoms with van der Waals surface area (Å²) in [4.78, 5) is 30.3. The summed E-state index contributed by atoms with van der Waals surface area (Å²) in [6.45, 7) is 2.01. The number of nitrogens with zero attached hydrogens (tertiary/aromatic N) is 5. The number of ether oxygens (including phenoxy) is 1. The molecule has 0 aliphatic rings. The van der Waals surface area contributed by atoms with Crippen LogP contribution in [0.25, 0.3) is 21.9 Å². The van der Waals surface area contributed by atoms with Crippen molar-refractivity contribution in [3.63, 3.8) is 0 Å². The highest BCUT2D eigenvalue weighted by molar-refractivity contribution is 7.15. The first-order chi connectivity index (χ1) is 16.4. The second-order valence-corrected chi connectivity index (χ2v) is 8.21. The van der Waals surface area contributed by atoms with E-state index in [0.717, 1.165) is 27.6 Å². The van der Waals surface area contributed by atoms with Gasteiger partial charge in [-0.05, 0) is 19.1 Å². The van der Waals surface area contributed by atoms with E-state index in [9.17, 15) is 14.7 Å². The number of aromatic hydroxyl groups is 1. The van der Waals surface area contributed by atoms with Gasteiger partial charge in [0.2, 0.25) is 4.96 Å². The minimum absolute atomic E-state index is 0.0430. The van der Waals surface area contributed by atoms with Gasteiger partial charge in [-0.3, -0.25) is 14.9 Å². The van der Waals surface area contributed by atoms with Crippen molar-refractivity contribution in [3.8, 4) is 28.4 Å². The zero-order chi connectivity index (χ0) is 23.8. The van der Waals surface area contributed by atoms with Crippen LogP contribution in [0.4, 0.5) is 5.95 Å². The van der Waals surface area contributed by atoms with Crippen LogP contribution in [0.1, 0.15) is 16.1 Å². The fraction of sp³-hybridized carbons (Fsp3) is 0.0870. The number of benzene rings is 2. The first-order valence-corrected chi connectivity index (χ1v) is 11.0. The van der Waals surface area contributed by atoms with Crippen LogP contribution in [0, 0.1) is 6.92 Å². The smallest absolute Gasteiger partial charge is 0.282 e. The molecule has 34 heavy (non-hydrogen) atoms. The van der Waals surface area contributed by atoms with E-state index in [1.807, 2.05) is 36.6 Å². The summed E-state index contributed by atoms with van der Waals surface area (Å²) >= 11 is 1.38. The molecule has 5 rings (SSSR count). The number of para-hydroxylation sites is 2. The number of fused-ring (bicyclic) bond motifs is 1. The van der Waals surface area contributed by atoms with Crippen molar-refractivity contribution in [2.45, 2.75) is 6.92 Å². The monoisotopic (exact) mass is 474 g/mol. The number of aromatic nitrogens is 5. The lowest BCUT2D eigenvalue weighted by Crippen LogP contribution is -2.25. The molecular formula is C23H18N6O4S. The summed E-state index contributed by atoms with van der Waals surface area (Å²) in [5, 5.41) is 23.2. The number of nitrogens with one attached hydrogen (secondary N) is 1. The maximum Gasteiger partial charge on any atom is 0.282 e. The fourth-order valence-corrected chi connectivity index (χ4v) is 4.23. The third-order valence-corrected chi connectivity index (χ3v) is 5.91. The molecule has 0 saturated heterocycles. The summed E-state index contributed by atoms with van der Waals surface area (Å²) in [7, 11) is 1.46. The number of hydrogen-bond acceptors (Lipinski definition) is 8. The molecule has 2 N–H and O–H groups in total. The lowest BCUT2D eigenvalue weighted by atomic mass is 10.1. The minimum Gasteiger partial charge on any atom is -0.505 e. The summed E-state index contributed by atoms with van der Waals surface area (Å²) in [5.74, 6) is -0.901. The largest absolute Gasteiger partial charge is 0.505 e. The van der Waals surface area contributed by atoms with Gasteiger partial charge in [-0.1, -0.05) is 42.0 Å². The zero-order valence-corrected chi connectivity index (χ0v) is 18.9. The first-order valence-electron chi connectivity index (χ1n) is 10.1. The molecule has 0 saturated carbocycles. The highest BCUT2D eigenvalue weighted by atomic mass is 32.1. The van der Waals surface area contributed by atoms with Crippen molar-refractivity contribution in [2.75, 3.05) is 12.4 Å². The Kier molecular flexibility index (Phi) is 5.30. The van der Waals surface area contributed by atoms with Crippen LogP contribution >= 0.6 is 11.3 Å². The Labute approximate surface area is 196 Å². The van der Waals surface area contributed by atoms with E-state index in [-0.39, 0.29) is 11.6 Å². The van der Waals surface area contributed by atoms with Gasteiger partial charge in [0.05, 0.1) is 12.8 Å². The molecule has 1 amide bonds. The summed E-state index contributed by atoms with van der Waals surface area (Å²) in [6, 6.07) is 15.6. The van der Waals surface area contributed by atoms with Gasteiger partial charge in [0.15, 0.2) is 11.4 Å². The van der Waals surface area contributed by atoms with E-state index < -0.39 is 17.2 Å². The minimum atomic E-state index is -0.767. The Bertz CT molecular complexity index is 1590. The molecule has 3 heterocycles. The number of anilines is 1. The van der Waals surface area contributed by atoms with Crippen molar-refractivity contribution >= 4 is 28.2 Å². The summed E-state index contributed by atoms with van der Waals surface area (Å²) in [5.41, 5.74) is 2.28. The second kappa shape index (κ2) is 8.45. The molecule has 0 aliphatic carbocycles. The molecule has 2 aromatic carbocycles. The quantitative estimate of drug-likeness (QED) is 0.401. The normalized spacial score (nSPS) is 11.0. The van der Waals surface area contributed by atoms with Crippen molar-refractivity contribution in [1.29, 1.82) is 0 Å². The van der Waals surface area contributed by atoms with E-state index in [1.54, 1.807) is 28.8 Å². The number of hydrogen-bond donors (Lipinski definition) is 2. The maximum atomic E-state index is 12.9. The third-order valence-electron chi connectivity index (χ3n) is 5.09. The van der Waals surface area contributed by atoms with E-state index in [0.29, 0.717) is 16.4 Å². The molecule has 0 radical (unpaired) electrons. The SMILES string of the molecule is COc1ccccc1-n1nc(C(=O)Nc2nc3scc(-c4ccc(C)cc4)n3n2)c(O)cc1=O. The standard InChI is InChI=1S/C23H18N6O4S/c1-13-7-9-14(10-8-13)16-12-34-23-25-22(27-29(16)23)24-21(32)20-17(30)11-19(31)28(26-20)15-5-3-4-6-18(15)33-2/h3-12,30H,1-2H3,(H,24,27,32). The van der Waals surface area contributed by atoms with Crippen molar-refractivity contribution in [1.82, 2.24) is 24.4 Å². The average Bonchev–Trinajstić information content (AvgIpc) is 3.40. The predicted molar refractivity (Wildman–Crippen MR) is 127 cm³/mol. The van der Waals surface area contributed by atoms with Crippen molar-refractivity contribution in [3.05, 3.63) is 81.6 Å². The van der Waals surface area contributed by atoms with Gasteiger partial charge >= 0.3 is 0 Å². The molecule has 0 aliphatic heterocycles. The fourth-order valence-electron chi connectivity index (χ4n) is 3.40. The summed E-state index contributed by atoms with van der Waals surface area (Å²) < 4.78 is 7.90. The van der Waals surface area contributed by atoms with Crippen LogP contribution in [0.3, 0.4) is 0 Å². The summed E-state index contributed by atoms with van der Waals surface area (Å²) in [6.07, 6.45) is 0. The molecule has 5 aromatic rings. The number of carbonyl (C=O) groups is 1. The molecule has 0 spiro atoms. The van der Waals surface area contributed by atoms with Crippen LogP contribution in [-0.2, 0) is 0 Å². The number of carbonyl (C=O) groups excluding carboxylic acids is 1. The number of rotatable bonds is 5. The molecule has 0 fully saturated rings. The highest BCUT2D eigenvalue weighted by Gasteiger charge is 2.21. The Morgan fingerprint density at radius 3 is 2.65 bits per heavy atom. The Balaban J connectivity index is 1.48. The molecule has 0 atom stereocenters. The first kappa shape index (κ1) is 21.3. The van der Waals surface area contributed by atoms with Crippen LogP contribution in [0.2, 0.25) is 0 Å². The molecule has 170 valence electrons. The van der Waals surface area contributed by atoms with E-state index in [4.69, 9.17) is 4.74 Å². The van der Waals surface area contributed by atoms with E-state index in [2.05, 4.69) is 20.5 Å². The lowest BCUT2D eigenvalue weighted by Gasteiger charge is -2.11. The second-order valence-electron chi connectivity index (χ2n) is 7.37. The average molecular weight is 475 g/mol. The Morgan fingerprint density at radius 2 is 1.88 bits per heavy atom. The third kappa shape index (κ3) is 3.77. The van der Waals surface area contributed by atoms with Gasteiger partial charge in [-0.2, -0.15) is 14.8 Å². The van der Waals surface area contributed by atoms with Gasteiger partial charge < -0.3 is 9.84 Å². The molecule has 0 unspecified atom stereocenters. The number of amides is 1. The van der Waals surface area contributed by atoms with Gasteiger partial charge in [0.1, 0.15) is 11.4 Å². The van der Waals surface area contributed by atoms with Gasteiger partial charge in [-0.15, -0.1) is 16.4 Å². The van der Waals surface area contributed by atoms with Crippen LogP contribution in [0.15, 0.2) is 64.8 Å². The lowest BCUT2D eigenvalue weighted by molar-refractivity contribution is 0.101. The van der Waals surface area contributed by atoms with Crippen LogP contribution < -0.4 is 15.6 Å². The Hall–Kier alpha value is -4.51.